The lowest BCUT2D eigenvalue weighted by Gasteiger charge is -2.49. The third kappa shape index (κ3) is 3.78. The molecule has 1 aromatic carbocycles. The van der Waals surface area contributed by atoms with Crippen LogP contribution in [0.5, 0.6) is 5.75 Å². The quantitative estimate of drug-likeness (QED) is 0.871. The van der Waals surface area contributed by atoms with Gasteiger partial charge in [-0.1, -0.05) is 26.0 Å². The van der Waals surface area contributed by atoms with E-state index in [1.165, 1.54) is 18.4 Å². The van der Waals surface area contributed by atoms with Crippen molar-refractivity contribution in [1.29, 1.82) is 0 Å². The van der Waals surface area contributed by atoms with Crippen LogP contribution in [0.3, 0.4) is 0 Å². The zero-order chi connectivity index (χ0) is 15.3. The van der Waals surface area contributed by atoms with Crippen molar-refractivity contribution in [2.24, 2.45) is 0 Å². The standard InChI is InChI=1S/C18H30N2O/c1-5-18(6-2)14-19-15(3)13-20(18)12-11-16-7-9-17(21-4)10-8-16/h7-10,15,19H,5-6,11-14H2,1-4H3. The summed E-state index contributed by atoms with van der Waals surface area (Å²) in [5.41, 5.74) is 1.72. The molecule has 21 heavy (non-hydrogen) atoms. The molecule has 1 aliphatic rings. The van der Waals surface area contributed by atoms with Gasteiger partial charge in [-0.2, -0.15) is 0 Å². The number of rotatable bonds is 6. The Morgan fingerprint density at radius 1 is 1.24 bits per heavy atom. The number of ether oxygens (including phenoxy) is 1. The molecule has 1 fully saturated rings. The summed E-state index contributed by atoms with van der Waals surface area (Å²) in [6.07, 6.45) is 3.54. The van der Waals surface area contributed by atoms with Crippen molar-refractivity contribution < 1.29 is 4.74 Å². The minimum atomic E-state index is 0.332. The number of piperazine rings is 1. The summed E-state index contributed by atoms with van der Waals surface area (Å²) in [6, 6.07) is 9.08. The third-order valence-corrected chi connectivity index (χ3v) is 5.09. The van der Waals surface area contributed by atoms with Gasteiger partial charge in [0, 0.05) is 31.2 Å². The highest BCUT2D eigenvalue weighted by atomic mass is 16.5. The lowest BCUT2D eigenvalue weighted by atomic mass is 9.87. The Hall–Kier alpha value is -1.06. The Balaban J connectivity index is 2.00. The average molecular weight is 290 g/mol. The Bertz CT molecular complexity index is 425. The Labute approximate surface area is 129 Å². The van der Waals surface area contributed by atoms with Crippen molar-refractivity contribution in [2.75, 3.05) is 26.7 Å². The highest BCUT2D eigenvalue weighted by Crippen LogP contribution is 2.27. The molecule has 118 valence electrons. The van der Waals surface area contributed by atoms with Gasteiger partial charge < -0.3 is 10.1 Å². The SMILES string of the molecule is CCC1(CC)CNC(C)CN1CCc1ccc(OC)cc1. The van der Waals surface area contributed by atoms with Gasteiger partial charge in [0.15, 0.2) is 0 Å². The molecule has 0 amide bonds. The van der Waals surface area contributed by atoms with Gasteiger partial charge in [-0.3, -0.25) is 4.90 Å². The van der Waals surface area contributed by atoms with E-state index >= 15 is 0 Å². The molecule has 0 radical (unpaired) electrons. The van der Waals surface area contributed by atoms with Gasteiger partial charge in [-0.05, 0) is 43.9 Å². The molecular weight excluding hydrogens is 260 g/mol. The molecule has 3 heteroatoms. The largest absolute Gasteiger partial charge is 0.497 e. The predicted molar refractivity (Wildman–Crippen MR) is 89.0 cm³/mol. The monoisotopic (exact) mass is 290 g/mol. The zero-order valence-corrected chi connectivity index (χ0v) is 14.0. The first-order chi connectivity index (χ1) is 10.1. The number of benzene rings is 1. The molecule has 1 heterocycles. The van der Waals surface area contributed by atoms with Crippen LogP contribution in [0, 0.1) is 0 Å². The molecule has 0 aliphatic carbocycles. The van der Waals surface area contributed by atoms with Crippen molar-refractivity contribution in [3.05, 3.63) is 29.8 Å². The van der Waals surface area contributed by atoms with Crippen molar-refractivity contribution in [3.8, 4) is 5.75 Å². The second kappa shape index (κ2) is 7.28. The maximum absolute atomic E-state index is 5.23. The topological polar surface area (TPSA) is 24.5 Å². The first kappa shape index (κ1) is 16.3. The summed E-state index contributed by atoms with van der Waals surface area (Å²) in [5.74, 6) is 0.936. The number of nitrogens with one attached hydrogen (secondary N) is 1. The molecule has 1 atom stereocenters. The maximum Gasteiger partial charge on any atom is 0.118 e. The lowest BCUT2D eigenvalue weighted by molar-refractivity contribution is 0.0360. The van der Waals surface area contributed by atoms with Gasteiger partial charge in [0.2, 0.25) is 0 Å². The van der Waals surface area contributed by atoms with E-state index in [4.69, 9.17) is 4.74 Å². The fourth-order valence-corrected chi connectivity index (χ4v) is 3.40. The average Bonchev–Trinajstić information content (AvgIpc) is 2.54. The summed E-state index contributed by atoms with van der Waals surface area (Å²) in [4.78, 5) is 2.71. The molecule has 1 aromatic rings. The van der Waals surface area contributed by atoms with Crippen LogP contribution < -0.4 is 10.1 Å². The van der Waals surface area contributed by atoms with Crippen LogP contribution in [-0.2, 0) is 6.42 Å². The smallest absolute Gasteiger partial charge is 0.118 e. The molecular formula is C18H30N2O. The first-order valence-electron chi connectivity index (χ1n) is 8.25. The van der Waals surface area contributed by atoms with E-state index in [0.717, 1.165) is 31.8 Å². The normalized spacial score (nSPS) is 22.2. The van der Waals surface area contributed by atoms with Crippen molar-refractivity contribution in [2.45, 2.75) is 51.6 Å². The van der Waals surface area contributed by atoms with E-state index in [1.54, 1.807) is 7.11 Å². The van der Waals surface area contributed by atoms with Crippen LogP contribution in [0.15, 0.2) is 24.3 Å². The first-order valence-corrected chi connectivity index (χ1v) is 8.25. The number of methoxy groups -OCH3 is 1. The second-order valence-corrected chi connectivity index (χ2v) is 6.26. The fraction of sp³-hybridized carbons (Fsp3) is 0.667. The third-order valence-electron chi connectivity index (χ3n) is 5.09. The van der Waals surface area contributed by atoms with Gasteiger partial charge in [-0.15, -0.1) is 0 Å². The molecule has 0 aromatic heterocycles. The van der Waals surface area contributed by atoms with E-state index in [-0.39, 0.29) is 0 Å². The van der Waals surface area contributed by atoms with E-state index in [9.17, 15) is 0 Å². The van der Waals surface area contributed by atoms with Gasteiger partial charge in [0.05, 0.1) is 7.11 Å². The highest BCUT2D eigenvalue weighted by molar-refractivity contribution is 5.27. The summed E-state index contributed by atoms with van der Waals surface area (Å²) in [7, 11) is 1.72. The van der Waals surface area contributed by atoms with Gasteiger partial charge >= 0.3 is 0 Å². The fourth-order valence-electron chi connectivity index (χ4n) is 3.40. The number of hydrogen-bond acceptors (Lipinski definition) is 3. The summed E-state index contributed by atoms with van der Waals surface area (Å²) in [5, 5.41) is 3.66. The Kier molecular flexibility index (Phi) is 5.65. The molecule has 1 aliphatic heterocycles. The van der Waals surface area contributed by atoms with Crippen LogP contribution in [-0.4, -0.2) is 43.2 Å². The number of hydrogen-bond donors (Lipinski definition) is 1. The molecule has 1 N–H and O–H groups in total. The van der Waals surface area contributed by atoms with Crippen LogP contribution >= 0.6 is 0 Å². The molecule has 0 bridgehead atoms. The molecule has 1 saturated heterocycles. The molecule has 0 saturated carbocycles. The van der Waals surface area contributed by atoms with E-state index in [2.05, 4.69) is 55.3 Å². The van der Waals surface area contributed by atoms with Crippen LogP contribution in [0.1, 0.15) is 39.2 Å². The molecule has 0 spiro atoms. The Morgan fingerprint density at radius 2 is 1.90 bits per heavy atom. The Morgan fingerprint density at radius 3 is 2.48 bits per heavy atom. The second-order valence-electron chi connectivity index (χ2n) is 6.26. The van der Waals surface area contributed by atoms with Gasteiger partial charge in [0.25, 0.3) is 0 Å². The maximum atomic E-state index is 5.23. The minimum Gasteiger partial charge on any atom is -0.497 e. The summed E-state index contributed by atoms with van der Waals surface area (Å²) >= 11 is 0. The summed E-state index contributed by atoms with van der Waals surface area (Å²) in [6.45, 7) is 10.3. The zero-order valence-electron chi connectivity index (χ0n) is 14.0. The van der Waals surface area contributed by atoms with Crippen molar-refractivity contribution in [3.63, 3.8) is 0 Å². The van der Waals surface area contributed by atoms with E-state index in [0.29, 0.717) is 11.6 Å². The lowest BCUT2D eigenvalue weighted by Crippen LogP contribution is -2.63. The molecule has 3 nitrogen and oxygen atoms in total. The van der Waals surface area contributed by atoms with E-state index < -0.39 is 0 Å². The molecule has 2 rings (SSSR count). The van der Waals surface area contributed by atoms with Crippen molar-refractivity contribution >= 4 is 0 Å². The van der Waals surface area contributed by atoms with Gasteiger partial charge in [-0.25, -0.2) is 0 Å². The van der Waals surface area contributed by atoms with Crippen LogP contribution in [0.25, 0.3) is 0 Å². The van der Waals surface area contributed by atoms with Crippen LogP contribution in [0.4, 0.5) is 0 Å². The minimum absolute atomic E-state index is 0.332. The number of nitrogens with zero attached hydrogens (tertiary/aromatic N) is 1. The van der Waals surface area contributed by atoms with Crippen LogP contribution in [0.2, 0.25) is 0 Å². The van der Waals surface area contributed by atoms with Gasteiger partial charge in [0.1, 0.15) is 5.75 Å². The predicted octanol–water partition coefficient (Wildman–Crippen LogP) is 3.09. The molecule has 1 unspecified atom stereocenters. The summed E-state index contributed by atoms with van der Waals surface area (Å²) < 4.78 is 5.23. The van der Waals surface area contributed by atoms with E-state index in [1.807, 2.05) is 0 Å². The highest BCUT2D eigenvalue weighted by Gasteiger charge is 2.37. The van der Waals surface area contributed by atoms with Crippen molar-refractivity contribution in [1.82, 2.24) is 10.2 Å².